The number of carbonyl (C=O) groups excluding carboxylic acids is 1. The molecule has 1 fully saturated rings. The first-order valence-corrected chi connectivity index (χ1v) is 8.75. The van der Waals surface area contributed by atoms with Gasteiger partial charge in [0.2, 0.25) is 5.91 Å². The smallest absolute Gasteiger partial charge is 0.237 e. The van der Waals surface area contributed by atoms with Gasteiger partial charge >= 0.3 is 0 Å². The molecule has 3 nitrogen and oxygen atoms in total. The molecule has 2 rings (SSSR count). The SMILES string of the molecule is CC(C)N(Cc1ccccc1)CC1CCN(C(=O)CCl)CC1. The molecule has 0 aromatic heterocycles. The van der Waals surface area contributed by atoms with Gasteiger partial charge < -0.3 is 4.90 Å². The van der Waals surface area contributed by atoms with E-state index in [9.17, 15) is 4.79 Å². The maximum Gasteiger partial charge on any atom is 0.237 e. The van der Waals surface area contributed by atoms with E-state index < -0.39 is 0 Å². The maximum absolute atomic E-state index is 11.6. The Labute approximate surface area is 139 Å². The fourth-order valence-corrected chi connectivity index (χ4v) is 3.23. The van der Waals surface area contributed by atoms with E-state index in [4.69, 9.17) is 11.6 Å². The second-order valence-corrected chi connectivity index (χ2v) is 6.73. The summed E-state index contributed by atoms with van der Waals surface area (Å²) in [5.74, 6) is 0.854. The molecule has 0 spiro atoms. The van der Waals surface area contributed by atoms with E-state index in [0.29, 0.717) is 12.0 Å². The van der Waals surface area contributed by atoms with Crippen LogP contribution in [0, 0.1) is 5.92 Å². The highest BCUT2D eigenvalue weighted by Gasteiger charge is 2.24. The summed E-state index contributed by atoms with van der Waals surface area (Å²) in [6.07, 6.45) is 2.17. The number of halogens is 1. The molecule has 1 aromatic carbocycles. The number of likely N-dealkylation sites (tertiary alicyclic amines) is 1. The number of rotatable bonds is 6. The van der Waals surface area contributed by atoms with Crippen molar-refractivity contribution in [2.75, 3.05) is 25.5 Å². The van der Waals surface area contributed by atoms with E-state index in [1.54, 1.807) is 0 Å². The molecule has 0 unspecified atom stereocenters. The Hall–Kier alpha value is -1.06. The Bertz CT molecular complexity index is 455. The fourth-order valence-electron chi connectivity index (χ4n) is 3.06. The van der Waals surface area contributed by atoms with Gasteiger partial charge in [-0.1, -0.05) is 30.3 Å². The molecule has 1 aromatic rings. The van der Waals surface area contributed by atoms with Gasteiger partial charge in [0.25, 0.3) is 0 Å². The van der Waals surface area contributed by atoms with Crippen LogP contribution in [0.2, 0.25) is 0 Å². The molecule has 4 heteroatoms. The van der Waals surface area contributed by atoms with Crippen LogP contribution in [0.15, 0.2) is 30.3 Å². The van der Waals surface area contributed by atoms with E-state index in [0.717, 1.165) is 39.0 Å². The molecule has 1 heterocycles. The van der Waals surface area contributed by atoms with Crippen LogP contribution in [-0.2, 0) is 11.3 Å². The van der Waals surface area contributed by atoms with Crippen molar-refractivity contribution in [1.82, 2.24) is 9.80 Å². The van der Waals surface area contributed by atoms with Crippen molar-refractivity contribution in [1.29, 1.82) is 0 Å². The van der Waals surface area contributed by atoms with Crippen molar-refractivity contribution in [3.8, 4) is 0 Å². The average molecular weight is 323 g/mol. The molecule has 1 aliphatic rings. The molecule has 122 valence electrons. The van der Waals surface area contributed by atoms with Crippen molar-refractivity contribution in [2.45, 2.75) is 39.3 Å². The molecule has 1 saturated heterocycles. The van der Waals surface area contributed by atoms with Crippen molar-refractivity contribution in [3.05, 3.63) is 35.9 Å². The summed E-state index contributed by atoms with van der Waals surface area (Å²) in [6.45, 7) is 8.33. The Morgan fingerprint density at radius 1 is 1.27 bits per heavy atom. The molecule has 1 amide bonds. The molecule has 0 atom stereocenters. The van der Waals surface area contributed by atoms with Crippen LogP contribution in [0.3, 0.4) is 0 Å². The lowest BCUT2D eigenvalue weighted by Gasteiger charge is -2.36. The van der Waals surface area contributed by atoms with Crippen LogP contribution in [0.4, 0.5) is 0 Å². The summed E-state index contributed by atoms with van der Waals surface area (Å²) < 4.78 is 0. The standard InChI is InChI=1S/C18H27ClN2O/c1-15(2)21(13-16-6-4-3-5-7-16)14-17-8-10-20(11-9-17)18(22)12-19/h3-7,15,17H,8-14H2,1-2H3. The normalized spacial score (nSPS) is 16.5. The van der Waals surface area contributed by atoms with Gasteiger partial charge in [-0.25, -0.2) is 0 Å². The number of hydrogen-bond donors (Lipinski definition) is 0. The number of carbonyl (C=O) groups is 1. The van der Waals surface area contributed by atoms with Crippen molar-refractivity contribution >= 4 is 17.5 Å². The third-order valence-electron chi connectivity index (χ3n) is 4.53. The van der Waals surface area contributed by atoms with Crippen molar-refractivity contribution < 1.29 is 4.79 Å². The van der Waals surface area contributed by atoms with Gasteiger partial charge in [-0.15, -0.1) is 11.6 Å². The van der Waals surface area contributed by atoms with E-state index in [2.05, 4.69) is 49.1 Å². The predicted octanol–water partition coefficient (Wildman–Crippen LogP) is 3.37. The number of amides is 1. The Kier molecular flexibility index (Phi) is 6.71. The van der Waals surface area contributed by atoms with Gasteiger partial charge in [-0.05, 0) is 38.2 Å². The minimum absolute atomic E-state index is 0.0742. The summed E-state index contributed by atoms with van der Waals surface area (Å²) in [5.41, 5.74) is 1.37. The number of hydrogen-bond acceptors (Lipinski definition) is 2. The van der Waals surface area contributed by atoms with Gasteiger partial charge in [-0.3, -0.25) is 9.69 Å². The van der Waals surface area contributed by atoms with E-state index >= 15 is 0 Å². The second kappa shape index (κ2) is 8.54. The summed E-state index contributed by atoms with van der Waals surface area (Å²) in [6, 6.07) is 11.2. The topological polar surface area (TPSA) is 23.6 Å². The molecule has 0 aliphatic carbocycles. The molecular weight excluding hydrogens is 296 g/mol. The van der Waals surface area contributed by atoms with Gasteiger partial charge in [0.1, 0.15) is 5.88 Å². The fraction of sp³-hybridized carbons (Fsp3) is 0.611. The van der Waals surface area contributed by atoms with Crippen LogP contribution in [0.1, 0.15) is 32.3 Å². The van der Waals surface area contributed by atoms with Crippen molar-refractivity contribution in [3.63, 3.8) is 0 Å². The van der Waals surface area contributed by atoms with Crippen LogP contribution < -0.4 is 0 Å². The third-order valence-corrected chi connectivity index (χ3v) is 4.76. The van der Waals surface area contributed by atoms with Gasteiger partial charge in [0, 0.05) is 32.2 Å². The Balaban J connectivity index is 1.86. The first-order chi connectivity index (χ1) is 10.6. The first kappa shape index (κ1) is 17.3. The monoisotopic (exact) mass is 322 g/mol. The number of benzene rings is 1. The lowest BCUT2D eigenvalue weighted by atomic mass is 9.95. The van der Waals surface area contributed by atoms with Crippen LogP contribution >= 0.6 is 11.6 Å². The average Bonchev–Trinajstić information content (AvgIpc) is 2.55. The summed E-state index contributed by atoms with van der Waals surface area (Å²) in [5, 5.41) is 0. The summed E-state index contributed by atoms with van der Waals surface area (Å²) in [4.78, 5) is 16.1. The molecular formula is C18H27ClN2O. The largest absolute Gasteiger partial charge is 0.342 e. The number of nitrogens with zero attached hydrogens (tertiary/aromatic N) is 2. The zero-order chi connectivity index (χ0) is 15.9. The van der Waals surface area contributed by atoms with Crippen molar-refractivity contribution in [2.24, 2.45) is 5.92 Å². The summed E-state index contributed by atoms with van der Waals surface area (Å²) >= 11 is 5.64. The van der Waals surface area contributed by atoms with E-state index in [1.165, 1.54) is 5.56 Å². The molecule has 0 radical (unpaired) electrons. The zero-order valence-corrected chi connectivity index (χ0v) is 14.4. The van der Waals surface area contributed by atoms with Crippen LogP contribution in [0.25, 0.3) is 0 Å². The molecule has 0 bridgehead atoms. The molecule has 0 N–H and O–H groups in total. The number of piperidine rings is 1. The van der Waals surface area contributed by atoms with Crippen LogP contribution in [-0.4, -0.2) is 47.3 Å². The molecule has 0 saturated carbocycles. The highest BCUT2D eigenvalue weighted by Crippen LogP contribution is 2.21. The van der Waals surface area contributed by atoms with E-state index in [1.807, 2.05) is 4.90 Å². The second-order valence-electron chi connectivity index (χ2n) is 6.47. The molecule has 22 heavy (non-hydrogen) atoms. The number of alkyl halides is 1. The maximum atomic E-state index is 11.6. The van der Waals surface area contributed by atoms with E-state index in [-0.39, 0.29) is 11.8 Å². The minimum atomic E-state index is 0.0742. The highest BCUT2D eigenvalue weighted by molar-refractivity contribution is 6.27. The van der Waals surface area contributed by atoms with Gasteiger partial charge in [-0.2, -0.15) is 0 Å². The quantitative estimate of drug-likeness (QED) is 0.750. The Morgan fingerprint density at radius 3 is 2.45 bits per heavy atom. The predicted molar refractivity (Wildman–Crippen MR) is 92.0 cm³/mol. The lowest BCUT2D eigenvalue weighted by molar-refractivity contribution is -0.129. The summed E-state index contributed by atoms with van der Waals surface area (Å²) in [7, 11) is 0. The van der Waals surface area contributed by atoms with Crippen LogP contribution in [0.5, 0.6) is 0 Å². The van der Waals surface area contributed by atoms with Gasteiger partial charge in [0.15, 0.2) is 0 Å². The Morgan fingerprint density at radius 2 is 1.91 bits per heavy atom. The molecule has 1 aliphatic heterocycles. The van der Waals surface area contributed by atoms with Gasteiger partial charge in [0.05, 0.1) is 0 Å². The minimum Gasteiger partial charge on any atom is -0.342 e. The lowest BCUT2D eigenvalue weighted by Crippen LogP contribution is -2.43. The zero-order valence-electron chi connectivity index (χ0n) is 13.7. The first-order valence-electron chi connectivity index (χ1n) is 8.22. The third kappa shape index (κ3) is 4.99. The highest BCUT2D eigenvalue weighted by atomic mass is 35.5.